The minimum Gasteiger partial charge on any atom is -0.493 e. The van der Waals surface area contributed by atoms with Crippen LogP contribution >= 0.6 is 34.2 Å². The molecule has 0 spiro atoms. The number of nitrogens with one attached hydrogen (secondary N) is 2. The quantitative estimate of drug-likeness (QED) is 0.161. The van der Waals surface area contributed by atoms with E-state index in [9.17, 15) is 9.90 Å². The number of ether oxygens (including phenoxy) is 1. The lowest BCUT2D eigenvalue weighted by Crippen LogP contribution is -2.25. The zero-order valence-electron chi connectivity index (χ0n) is 20.1. The standard InChI is InChI=1S/C28H24ClIN4O4/c29-22-15-19(30)8-11-21(22)23-16-31-26(32-23)24(14-17-4-2-1-3-5-17)34-27(36)25(33-28(34)37)18-6-9-20(10-7-18)38-13-12-35/h1-11,15-16,24,35-36H,12-14H2,(H,31,32)(H,33,37)/t24-/m0/s1. The Balaban J connectivity index is 1.55. The van der Waals surface area contributed by atoms with Crippen LogP contribution in [0.15, 0.2) is 83.8 Å². The van der Waals surface area contributed by atoms with Crippen molar-refractivity contribution in [2.75, 3.05) is 13.2 Å². The summed E-state index contributed by atoms with van der Waals surface area (Å²) in [5, 5.41) is 20.8. The van der Waals surface area contributed by atoms with Crippen molar-refractivity contribution in [2.45, 2.75) is 12.5 Å². The summed E-state index contributed by atoms with van der Waals surface area (Å²) in [6, 6.07) is 21.7. The van der Waals surface area contributed by atoms with E-state index in [4.69, 9.17) is 21.4 Å². The normalized spacial score (nSPS) is 12.0. The summed E-state index contributed by atoms with van der Waals surface area (Å²) >= 11 is 8.69. The lowest BCUT2D eigenvalue weighted by Gasteiger charge is -2.17. The molecule has 194 valence electrons. The van der Waals surface area contributed by atoms with Gasteiger partial charge in [0, 0.05) is 21.1 Å². The molecule has 5 aromatic rings. The number of aromatic hydroxyl groups is 1. The summed E-state index contributed by atoms with van der Waals surface area (Å²) in [5.74, 6) is 0.878. The van der Waals surface area contributed by atoms with Crippen molar-refractivity contribution in [1.29, 1.82) is 0 Å². The summed E-state index contributed by atoms with van der Waals surface area (Å²) in [6.45, 7) is 0.0866. The molecule has 2 aromatic heterocycles. The zero-order chi connectivity index (χ0) is 26.6. The van der Waals surface area contributed by atoms with Crippen molar-refractivity contribution in [3.05, 3.63) is 109 Å². The van der Waals surface area contributed by atoms with Crippen LogP contribution < -0.4 is 10.4 Å². The molecular formula is C28H24ClIN4O4. The Hall–Kier alpha value is -3.54. The maximum absolute atomic E-state index is 13.2. The van der Waals surface area contributed by atoms with E-state index >= 15 is 0 Å². The Kier molecular flexibility index (Phi) is 7.87. The highest BCUT2D eigenvalue weighted by atomic mass is 127. The van der Waals surface area contributed by atoms with Gasteiger partial charge in [0.25, 0.3) is 0 Å². The van der Waals surface area contributed by atoms with Gasteiger partial charge in [0.1, 0.15) is 29.9 Å². The van der Waals surface area contributed by atoms with Crippen molar-refractivity contribution >= 4 is 34.2 Å². The Labute approximate surface area is 237 Å². The van der Waals surface area contributed by atoms with Crippen LogP contribution in [0.5, 0.6) is 11.6 Å². The predicted molar refractivity (Wildman–Crippen MR) is 155 cm³/mol. The highest BCUT2D eigenvalue weighted by Gasteiger charge is 2.26. The first-order valence-corrected chi connectivity index (χ1v) is 13.3. The molecule has 1 atom stereocenters. The van der Waals surface area contributed by atoms with E-state index in [1.165, 1.54) is 4.57 Å². The summed E-state index contributed by atoms with van der Waals surface area (Å²) in [5.41, 5.74) is 2.90. The van der Waals surface area contributed by atoms with Gasteiger partial charge in [-0.3, -0.25) is 4.57 Å². The molecule has 0 saturated carbocycles. The summed E-state index contributed by atoms with van der Waals surface area (Å²) in [7, 11) is 0. The highest BCUT2D eigenvalue weighted by Crippen LogP contribution is 2.34. The first-order chi connectivity index (χ1) is 18.4. The lowest BCUT2D eigenvalue weighted by atomic mass is 10.0. The predicted octanol–water partition coefficient (Wildman–Crippen LogP) is 5.40. The molecule has 0 unspecified atom stereocenters. The molecule has 0 aliphatic rings. The number of aromatic amines is 2. The van der Waals surface area contributed by atoms with Crippen LogP contribution in [-0.4, -0.2) is 42.9 Å². The van der Waals surface area contributed by atoms with Crippen LogP contribution in [0, 0.1) is 3.57 Å². The summed E-state index contributed by atoms with van der Waals surface area (Å²) in [4.78, 5) is 24.0. The topological polar surface area (TPSA) is 116 Å². The SMILES string of the molecule is O=c1[nH]c(-c2ccc(OCCO)cc2)c(O)n1[C@@H](Cc1ccccc1)c1ncc(-c2ccc(I)cc2Cl)[nH]1. The highest BCUT2D eigenvalue weighted by molar-refractivity contribution is 14.1. The van der Waals surface area contributed by atoms with Gasteiger partial charge in [0.15, 0.2) is 0 Å². The molecule has 4 N–H and O–H groups in total. The molecule has 0 aliphatic heterocycles. The molecule has 0 bridgehead atoms. The number of rotatable bonds is 9. The fraction of sp³-hybridized carbons (Fsp3) is 0.143. The molecule has 38 heavy (non-hydrogen) atoms. The third-order valence-corrected chi connectivity index (χ3v) is 7.11. The average molecular weight is 643 g/mol. The van der Waals surface area contributed by atoms with Crippen molar-refractivity contribution in [3.63, 3.8) is 0 Å². The minimum atomic E-state index is -0.626. The van der Waals surface area contributed by atoms with E-state index in [1.54, 1.807) is 30.5 Å². The van der Waals surface area contributed by atoms with Gasteiger partial charge < -0.3 is 24.9 Å². The van der Waals surface area contributed by atoms with Gasteiger partial charge in [0.2, 0.25) is 5.88 Å². The Morgan fingerprint density at radius 2 is 1.82 bits per heavy atom. The molecular weight excluding hydrogens is 619 g/mol. The maximum atomic E-state index is 13.2. The molecule has 2 heterocycles. The van der Waals surface area contributed by atoms with Gasteiger partial charge in [-0.15, -0.1) is 0 Å². The van der Waals surface area contributed by atoms with Gasteiger partial charge in [-0.05, 0) is 64.6 Å². The number of aromatic nitrogens is 4. The first-order valence-electron chi connectivity index (χ1n) is 11.9. The van der Waals surface area contributed by atoms with Crippen LogP contribution in [0.1, 0.15) is 17.4 Å². The van der Waals surface area contributed by atoms with Gasteiger partial charge in [-0.2, -0.15) is 0 Å². The molecule has 3 aromatic carbocycles. The van der Waals surface area contributed by atoms with Gasteiger partial charge in [-0.1, -0.05) is 48.0 Å². The molecule has 0 aliphatic carbocycles. The summed E-state index contributed by atoms with van der Waals surface area (Å²) < 4.78 is 7.74. The summed E-state index contributed by atoms with van der Waals surface area (Å²) in [6.07, 6.45) is 2.09. The van der Waals surface area contributed by atoms with E-state index in [2.05, 4.69) is 37.5 Å². The number of H-pyrrole nitrogens is 2. The Bertz CT molecular complexity index is 1600. The lowest BCUT2D eigenvalue weighted by molar-refractivity contribution is 0.201. The molecule has 10 heteroatoms. The average Bonchev–Trinajstić information content (AvgIpc) is 3.51. The molecule has 0 radical (unpaired) electrons. The molecule has 0 amide bonds. The van der Waals surface area contributed by atoms with Crippen LogP contribution in [-0.2, 0) is 6.42 Å². The van der Waals surface area contributed by atoms with Crippen molar-refractivity contribution < 1.29 is 14.9 Å². The van der Waals surface area contributed by atoms with Gasteiger partial charge in [0.05, 0.1) is 23.5 Å². The Morgan fingerprint density at radius 1 is 1.05 bits per heavy atom. The maximum Gasteiger partial charge on any atom is 0.329 e. The fourth-order valence-corrected chi connectivity index (χ4v) is 5.27. The van der Waals surface area contributed by atoms with Gasteiger partial charge >= 0.3 is 5.69 Å². The molecule has 8 nitrogen and oxygen atoms in total. The van der Waals surface area contributed by atoms with E-state index in [1.807, 2.05) is 48.5 Å². The minimum absolute atomic E-state index is 0.0915. The van der Waals surface area contributed by atoms with Crippen LogP contribution in [0.4, 0.5) is 0 Å². The molecule has 0 fully saturated rings. The smallest absolute Gasteiger partial charge is 0.329 e. The van der Waals surface area contributed by atoms with Crippen molar-refractivity contribution in [2.24, 2.45) is 0 Å². The largest absolute Gasteiger partial charge is 0.493 e. The van der Waals surface area contributed by atoms with Crippen LogP contribution in [0.3, 0.4) is 0 Å². The van der Waals surface area contributed by atoms with E-state index in [-0.39, 0.29) is 24.8 Å². The number of hydrogen-bond acceptors (Lipinski definition) is 5. The number of imidazole rings is 2. The van der Waals surface area contributed by atoms with E-state index in [0.717, 1.165) is 14.7 Å². The second-order valence-corrected chi connectivity index (χ2v) is 10.3. The van der Waals surface area contributed by atoms with E-state index < -0.39 is 11.7 Å². The number of hydrogen-bond donors (Lipinski definition) is 4. The van der Waals surface area contributed by atoms with Crippen LogP contribution in [0.25, 0.3) is 22.5 Å². The van der Waals surface area contributed by atoms with Gasteiger partial charge in [-0.25, -0.2) is 9.78 Å². The third-order valence-electron chi connectivity index (χ3n) is 6.12. The monoisotopic (exact) mass is 642 g/mol. The second kappa shape index (κ2) is 11.5. The molecule has 0 saturated heterocycles. The number of aliphatic hydroxyl groups excluding tert-OH is 1. The molecule has 5 rings (SSSR count). The van der Waals surface area contributed by atoms with Crippen LogP contribution in [0.2, 0.25) is 5.02 Å². The fourth-order valence-electron chi connectivity index (χ4n) is 4.31. The third kappa shape index (κ3) is 5.50. The zero-order valence-corrected chi connectivity index (χ0v) is 23.0. The number of benzene rings is 3. The number of halogens is 2. The first kappa shape index (κ1) is 26.1. The number of aliphatic hydroxyl groups is 1. The van der Waals surface area contributed by atoms with E-state index in [0.29, 0.717) is 34.3 Å². The Morgan fingerprint density at radius 3 is 2.53 bits per heavy atom. The second-order valence-electron chi connectivity index (χ2n) is 8.61. The number of nitrogens with zero attached hydrogens (tertiary/aromatic N) is 2. The van der Waals surface area contributed by atoms with Crippen molar-refractivity contribution in [1.82, 2.24) is 19.5 Å². The van der Waals surface area contributed by atoms with Crippen molar-refractivity contribution in [3.8, 4) is 34.1 Å².